The van der Waals surface area contributed by atoms with Crippen molar-refractivity contribution in [3.63, 3.8) is 0 Å². The smallest absolute Gasteiger partial charge is 0.412 e. The van der Waals surface area contributed by atoms with Gasteiger partial charge in [-0.25, -0.2) is 9.59 Å². The zero-order valence-corrected chi connectivity index (χ0v) is 17.2. The number of piperidine rings is 1. The predicted molar refractivity (Wildman–Crippen MR) is 105 cm³/mol. The Morgan fingerprint density at radius 1 is 1.04 bits per heavy atom. The summed E-state index contributed by atoms with van der Waals surface area (Å²) in [6.45, 7) is 8.88. The topological polar surface area (TPSA) is 97.0 Å². The van der Waals surface area contributed by atoms with Crippen LogP contribution in [0.1, 0.15) is 41.0 Å². The van der Waals surface area contributed by atoms with Crippen molar-refractivity contribution in [3.05, 3.63) is 30.3 Å². The van der Waals surface area contributed by atoms with Crippen molar-refractivity contribution in [1.82, 2.24) is 10.2 Å². The molecule has 3 amide bonds. The molecule has 1 aliphatic rings. The van der Waals surface area contributed by atoms with Crippen LogP contribution in [0, 0.1) is 0 Å². The Bertz CT molecular complexity index is 733. The first-order valence-corrected chi connectivity index (χ1v) is 9.21. The molecule has 2 unspecified atom stereocenters. The van der Waals surface area contributed by atoms with E-state index in [2.05, 4.69) is 10.6 Å². The zero-order valence-electron chi connectivity index (χ0n) is 17.2. The van der Waals surface area contributed by atoms with Crippen LogP contribution in [-0.2, 0) is 14.3 Å². The number of ether oxygens (including phenoxy) is 2. The third kappa shape index (κ3) is 4.55. The SMILES string of the molecule is CNC(=O)OC1CC(C)(C)N(C(C)=O)C(C)(C)C1OC(=O)Nc1ccccc1. The van der Waals surface area contributed by atoms with Gasteiger partial charge in [0.05, 0.1) is 5.54 Å². The molecule has 2 atom stereocenters. The summed E-state index contributed by atoms with van der Waals surface area (Å²) in [7, 11) is 1.46. The van der Waals surface area contributed by atoms with Crippen LogP contribution in [0.25, 0.3) is 0 Å². The fraction of sp³-hybridized carbons (Fsp3) is 0.550. The van der Waals surface area contributed by atoms with E-state index in [9.17, 15) is 14.4 Å². The molecule has 0 radical (unpaired) electrons. The van der Waals surface area contributed by atoms with Crippen molar-refractivity contribution < 1.29 is 23.9 Å². The molecule has 28 heavy (non-hydrogen) atoms. The number of rotatable bonds is 3. The summed E-state index contributed by atoms with van der Waals surface area (Å²) in [6, 6.07) is 8.88. The second kappa shape index (κ2) is 8.08. The molecular weight excluding hydrogens is 362 g/mol. The molecule has 0 aromatic heterocycles. The van der Waals surface area contributed by atoms with Gasteiger partial charge in [0, 0.05) is 31.6 Å². The minimum Gasteiger partial charge on any atom is -0.442 e. The highest BCUT2D eigenvalue weighted by molar-refractivity contribution is 5.85. The van der Waals surface area contributed by atoms with Crippen LogP contribution in [0.2, 0.25) is 0 Å². The number of nitrogens with zero attached hydrogens (tertiary/aromatic N) is 1. The molecule has 2 N–H and O–H groups in total. The number of amides is 3. The first kappa shape index (κ1) is 21.5. The summed E-state index contributed by atoms with van der Waals surface area (Å²) in [5.74, 6) is -0.148. The summed E-state index contributed by atoms with van der Waals surface area (Å²) in [5, 5.41) is 5.08. The maximum Gasteiger partial charge on any atom is 0.412 e. The van der Waals surface area contributed by atoms with Crippen molar-refractivity contribution in [3.8, 4) is 0 Å². The van der Waals surface area contributed by atoms with Gasteiger partial charge in [-0.05, 0) is 39.8 Å². The largest absolute Gasteiger partial charge is 0.442 e. The van der Waals surface area contributed by atoms with Crippen LogP contribution in [0.15, 0.2) is 30.3 Å². The monoisotopic (exact) mass is 391 g/mol. The van der Waals surface area contributed by atoms with Gasteiger partial charge in [-0.15, -0.1) is 0 Å². The van der Waals surface area contributed by atoms with Gasteiger partial charge in [0.2, 0.25) is 5.91 Å². The number of hydrogen-bond acceptors (Lipinski definition) is 5. The summed E-state index contributed by atoms with van der Waals surface area (Å²) < 4.78 is 11.2. The number of carbonyl (C=O) groups excluding carboxylic acids is 3. The molecule has 2 rings (SSSR count). The number of carbonyl (C=O) groups is 3. The highest BCUT2D eigenvalue weighted by Gasteiger charge is 2.56. The minimum absolute atomic E-state index is 0.148. The van der Waals surface area contributed by atoms with Gasteiger partial charge in [-0.2, -0.15) is 0 Å². The lowest BCUT2D eigenvalue weighted by molar-refractivity contribution is -0.177. The number of benzene rings is 1. The van der Waals surface area contributed by atoms with Crippen molar-refractivity contribution in [2.75, 3.05) is 12.4 Å². The Morgan fingerprint density at radius 3 is 2.18 bits per heavy atom. The highest BCUT2D eigenvalue weighted by Crippen LogP contribution is 2.41. The van der Waals surface area contributed by atoms with E-state index in [0.29, 0.717) is 12.1 Å². The van der Waals surface area contributed by atoms with E-state index < -0.39 is 35.5 Å². The fourth-order valence-electron chi connectivity index (χ4n) is 4.19. The van der Waals surface area contributed by atoms with Crippen LogP contribution in [0.5, 0.6) is 0 Å². The molecule has 0 bridgehead atoms. The van der Waals surface area contributed by atoms with E-state index in [4.69, 9.17) is 9.47 Å². The summed E-state index contributed by atoms with van der Waals surface area (Å²) >= 11 is 0. The van der Waals surface area contributed by atoms with E-state index in [0.717, 1.165) is 0 Å². The van der Waals surface area contributed by atoms with Crippen LogP contribution in [0.3, 0.4) is 0 Å². The maximum atomic E-state index is 12.5. The van der Waals surface area contributed by atoms with Crippen molar-refractivity contribution in [2.45, 2.75) is 64.3 Å². The molecule has 8 heteroatoms. The van der Waals surface area contributed by atoms with Gasteiger partial charge >= 0.3 is 12.2 Å². The number of alkyl carbamates (subject to hydrolysis) is 1. The summed E-state index contributed by atoms with van der Waals surface area (Å²) in [6.07, 6.45) is -2.55. The maximum absolute atomic E-state index is 12.5. The van der Waals surface area contributed by atoms with Crippen molar-refractivity contribution in [2.24, 2.45) is 0 Å². The van der Waals surface area contributed by atoms with E-state index in [-0.39, 0.29) is 5.91 Å². The third-order valence-corrected chi connectivity index (χ3v) is 4.95. The molecule has 1 aromatic carbocycles. The van der Waals surface area contributed by atoms with Crippen LogP contribution >= 0.6 is 0 Å². The van der Waals surface area contributed by atoms with E-state index in [1.54, 1.807) is 43.0 Å². The van der Waals surface area contributed by atoms with Gasteiger partial charge in [-0.1, -0.05) is 18.2 Å². The van der Waals surface area contributed by atoms with Gasteiger partial charge in [0.25, 0.3) is 0 Å². The van der Waals surface area contributed by atoms with Gasteiger partial charge in [0.1, 0.15) is 6.10 Å². The first-order valence-electron chi connectivity index (χ1n) is 9.21. The zero-order chi connectivity index (χ0) is 21.1. The average Bonchev–Trinajstić information content (AvgIpc) is 2.57. The lowest BCUT2D eigenvalue weighted by Crippen LogP contribution is -2.71. The lowest BCUT2D eigenvalue weighted by Gasteiger charge is -2.57. The predicted octanol–water partition coefficient (Wildman–Crippen LogP) is 3.14. The standard InChI is InChI=1S/C20H29N3O5/c1-13(24)23-19(2,3)12-15(27-17(25)21-6)16(20(23,4)5)28-18(26)22-14-10-8-7-9-11-14/h7-11,15-16H,12H2,1-6H3,(H,21,25)(H,22,26). The number of para-hydroxylation sites is 1. The molecule has 0 saturated carbocycles. The lowest BCUT2D eigenvalue weighted by atomic mass is 9.75. The Hall–Kier alpha value is -2.77. The Kier molecular flexibility index (Phi) is 6.21. The van der Waals surface area contributed by atoms with Crippen LogP contribution in [0.4, 0.5) is 15.3 Å². The molecule has 0 spiro atoms. The number of likely N-dealkylation sites (tertiary alicyclic amines) is 1. The molecule has 8 nitrogen and oxygen atoms in total. The number of hydrogen-bond donors (Lipinski definition) is 2. The molecule has 1 aliphatic heterocycles. The Morgan fingerprint density at radius 2 is 1.64 bits per heavy atom. The van der Waals surface area contributed by atoms with E-state index >= 15 is 0 Å². The van der Waals surface area contributed by atoms with Crippen molar-refractivity contribution in [1.29, 1.82) is 0 Å². The second-order valence-corrected chi connectivity index (χ2v) is 8.04. The van der Waals surface area contributed by atoms with E-state index in [1.807, 2.05) is 19.9 Å². The molecule has 154 valence electrons. The molecule has 1 fully saturated rings. The molecule has 1 saturated heterocycles. The molecule has 0 aliphatic carbocycles. The second-order valence-electron chi connectivity index (χ2n) is 8.04. The van der Waals surface area contributed by atoms with Gasteiger partial charge in [0.15, 0.2) is 6.10 Å². The van der Waals surface area contributed by atoms with E-state index in [1.165, 1.54) is 14.0 Å². The fourth-order valence-corrected chi connectivity index (χ4v) is 4.19. The number of nitrogens with one attached hydrogen (secondary N) is 2. The normalized spacial score (nSPS) is 22.7. The quantitative estimate of drug-likeness (QED) is 0.825. The molecular formula is C20H29N3O5. The van der Waals surface area contributed by atoms with Crippen LogP contribution < -0.4 is 10.6 Å². The van der Waals surface area contributed by atoms with Crippen LogP contribution in [-0.4, -0.2) is 53.3 Å². The minimum atomic E-state index is -0.902. The highest BCUT2D eigenvalue weighted by atomic mass is 16.6. The molecule has 1 aromatic rings. The Labute approximate surface area is 165 Å². The Balaban J connectivity index is 2.31. The van der Waals surface area contributed by atoms with Gasteiger partial charge in [-0.3, -0.25) is 10.1 Å². The van der Waals surface area contributed by atoms with Gasteiger partial charge < -0.3 is 19.7 Å². The van der Waals surface area contributed by atoms with Crippen molar-refractivity contribution >= 4 is 23.8 Å². The molecule has 1 heterocycles. The average molecular weight is 391 g/mol. The third-order valence-electron chi connectivity index (χ3n) is 4.95. The summed E-state index contributed by atoms with van der Waals surface area (Å²) in [5.41, 5.74) is -0.919. The number of anilines is 1. The first-order chi connectivity index (χ1) is 13.0. The summed E-state index contributed by atoms with van der Waals surface area (Å²) in [4.78, 5) is 38.5.